The minimum Gasteiger partial charge on any atom is -0.271 e. The Hall–Kier alpha value is -0.590. The zero-order valence-corrected chi connectivity index (χ0v) is 14.0. The maximum absolute atomic E-state index is 6.07. The first-order valence-electron chi connectivity index (χ1n) is 6.20. The maximum atomic E-state index is 6.07. The fraction of sp³-hybridized carbons (Fsp3) is 0.308. The van der Waals surface area contributed by atoms with E-state index in [1.54, 1.807) is 12.3 Å². The number of hydrogen-bond acceptors (Lipinski definition) is 3. The predicted molar refractivity (Wildman–Crippen MR) is 85.8 cm³/mol. The van der Waals surface area contributed by atoms with E-state index in [2.05, 4.69) is 33.4 Å². The van der Waals surface area contributed by atoms with Crippen molar-refractivity contribution in [3.05, 3.63) is 50.2 Å². The molecule has 0 radical (unpaired) electrons. The molecule has 108 valence electrons. The van der Waals surface area contributed by atoms with Crippen molar-refractivity contribution < 1.29 is 0 Å². The van der Waals surface area contributed by atoms with Crippen molar-refractivity contribution in [2.45, 2.75) is 25.9 Å². The van der Waals surface area contributed by atoms with Crippen molar-refractivity contribution in [3.63, 3.8) is 0 Å². The molecule has 0 aliphatic rings. The first-order valence-corrected chi connectivity index (χ1v) is 7.75. The van der Waals surface area contributed by atoms with Crippen LogP contribution in [0.25, 0.3) is 0 Å². The lowest BCUT2D eigenvalue weighted by molar-refractivity contribution is 0.519. The second-order valence-electron chi connectivity index (χ2n) is 4.40. The largest absolute Gasteiger partial charge is 0.271 e. The lowest BCUT2D eigenvalue weighted by atomic mass is 10.0. The van der Waals surface area contributed by atoms with Gasteiger partial charge < -0.3 is 0 Å². The van der Waals surface area contributed by atoms with Gasteiger partial charge in [-0.3, -0.25) is 10.5 Å². The molecule has 0 saturated heterocycles. The quantitative estimate of drug-likeness (QED) is 0.613. The zero-order chi connectivity index (χ0) is 14.7. The van der Waals surface area contributed by atoms with E-state index in [1.807, 2.05) is 16.8 Å². The van der Waals surface area contributed by atoms with Crippen molar-refractivity contribution in [2.24, 2.45) is 5.84 Å². The molecule has 0 spiro atoms. The van der Waals surface area contributed by atoms with Gasteiger partial charge in [0, 0.05) is 16.6 Å². The van der Waals surface area contributed by atoms with Crippen LogP contribution in [0, 0.1) is 0 Å². The third-order valence-electron chi connectivity index (χ3n) is 2.93. The second kappa shape index (κ2) is 6.91. The molecular formula is C13H15BrCl2N4. The Balaban J connectivity index is 2.49. The molecule has 1 unspecified atom stereocenters. The van der Waals surface area contributed by atoms with Crippen LogP contribution < -0.4 is 11.3 Å². The topological polar surface area (TPSA) is 55.9 Å². The summed E-state index contributed by atoms with van der Waals surface area (Å²) in [6.45, 7) is 2.91. The number of nitrogens with one attached hydrogen (secondary N) is 1. The van der Waals surface area contributed by atoms with Crippen LogP contribution in [-0.4, -0.2) is 9.78 Å². The Morgan fingerprint density at radius 1 is 1.35 bits per heavy atom. The van der Waals surface area contributed by atoms with Crippen LogP contribution in [0.5, 0.6) is 0 Å². The number of aromatic nitrogens is 2. The predicted octanol–water partition coefficient (Wildman–Crippen LogP) is 3.92. The van der Waals surface area contributed by atoms with E-state index in [1.165, 1.54) is 0 Å². The van der Waals surface area contributed by atoms with Crippen molar-refractivity contribution in [2.75, 3.05) is 0 Å². The lowest BCUT2D eigenvalue weighted by Crippen LogP contribution is -2.31. The molecule has 1 aromatic carbocycles. The first-order chi connectivity index (χ1) is 9.56. The van der Waals surface area contributed by atoms with Crippen LogP contribution in [0.1, 0.15) is 30.6 Å². The number of benzene rings is 1. The van der Waals surface area contributed by atoms with Gasteiger partial charge in [-0.25, -0.2) is 5.43 Å². The van der Waals surface area contributed by atoms with E-state index >= 15 is 0 Å². The van der Waals surface area contributed by atoms with Crippen LogP contribution >= 0.6 is 39.1 Å². The Bertz CT molecular complexity index is 580. The number of hydrazine groups is 1. The third-order valence-corrected chi connectivity index (χ3v) is 3.97. The minimum absolute atomic E-state index is 0.241. The third kappa shape index (κ3) is 3.35. The SMILES string of the molecule is CCCn1ncc(Br)c1C(NN)c1cc(Cl)cc(Cl)c1. The first kappa shape index (κ1) is 15.8. The van der Waals surface area contributed by atoms with Crippen LogP contribution in [0.2, 0.25) is 10.0 Å². The van der Waals surface area contributed by atoms with Gasteiger partial charge in [0.05, 0.1) is 22.4 Å². The average Bonchev–Trinajstić information content (AvgIpc) is 2.72. The van der Waals surface area contributed by atoms with E-state index in [9.17, 15) is 0 Å². The summed E-state index contributed by atoms with van der Waals surface area (Å²) in [5.41, 5.74) is 4.65. The lowest BCUT2D eigenvalue weighted by Gasteiger charge is -2.19. The van der Waals surface area contributed by atoms with Crippen LogP contribution in [-0.2, 0) is 6.54 Å². The normalized spacial score (nSPS) is 12.7. The van der Waals surface area contributed by atoms with E-state index in [4.69, 9.17) is 29.0 Å². The number of halogens is 3. The Morgan fingerprint density at radius 3 is 2.55 bits per heavy atom. The van der Waals surface area contributed by atoms with Gasteiger partial charge in [-0.2, -0.15) is 5.10 Å². The van der Waals surface area contributed by atoms with Crippen molar-refractivity contribution >= 4 is 39.1 Å². The van der Waals surface area contributed by atoms with Gasteiger partial charge in [-0.15, -0.1) is 0 Å². The molecule has 0 saturated carbocycles. The molecule has 0 aliphatic carbocycles. The highest BCUT2D eigenvalue weighted by Gasteiger charge is 2.21. The van der Waals surface area contributed by atoms with Crippen LogP contribution in [0.15, 0.2) is 28.9 Å². The molecule has 4 nitrogen and oxygen atoms in total. The summed E-state index contributed by atoms with van der Waals surface area (Å²) in [7, 11) is 0. The van der Waals surface area contributed by atoms with E-state index in [-0.39, 0.29) is 6.04 Å². The van der Waals surface area contributed by atoms with Crippen molar-refractivity contribution in [3.8, 4) is 0 Å². The standard InChI is InChI=1S/C13H15BrCl2N4/c1-2-3-20-13(11(14)7-18-20)12(19-17)8-4-9(15)6-10(16)5-8/h4-7,12,19H,2-3,17H2,1H3. The van der Waals surface area contributed by atoms with Gasteiger partial charge >= 0.3 is 0 Å². The van der Waals surface area contributed by atoms with Crippen LogP contribution in [0.4, 0.5) is 0 Å². The molecule has 1 atom stereocenters. The highest BCUT2D eigenvalue weighted by atomic mass is 79.9. The summed E-state index contributed by atoms with van der Waals surface area (Å²) in [6, 6.07) is 5.13. The minimum atomic E-state index is -0.241. The Labute approximate surface area is 136 Å². The summed E-state index contributed by atoms with van der Waals surface area (Å²) in [4.78, 5) is 0. The second-order valence-corrected chi connectivity index (χ2v) is 6.13. The van der Waals surface area contributed by atoms with Gasteiger partial charge in [0.1, 0.15) is 0 Å². The monoisotopic (exact) mass is 376 g/mol. The van der Waals surface area contributed by atoms with E-state index < -0.39 is 0 Å². The maximum Gasteiger partial charge on any atom is 0.0890 e. The highest BCUT2D eigenvalue weighted by Crippen LogP contribution is 2.31. The van der Waals surface area contributed by atoms with Gasteiger partial charge in [-0.1, -0.05) is 30.1 Å². The van der Waals surface area contributed by atoms with Crippen molar-refractivity contribution in [1.29, 1.82) is 0 Å². The molecule has 1 aromatic heterocycles. The molecule has 0 bridgehead atoms. The van der Waals surface area contributed by atoms with E-state index in [0.29, 0.717) is 10.0 Å². The fourth-order valence-electron chi connectivity index (χ4n) is 2.12. The molecule has 3 N–H and O–H groups in total. The number of aryl methyl sites for hydroxylation is 1. The van der Waals surface area contributed by atoms with Gasteiger partial charge in [0.25, 0.3) is 0 Å². The number of rotatable bonds is 5. The number of nitrogens with zero attached hydrogens (tertiary/aromatic N) is 2. The molecular weight excluding hydrogens is 363 g/mol. The Morgan fingerprint density at radius 2 is 2.00 bits per heavy atom. The summed E-state index contributed by atoms with van der Waals surface area (Å²) in [5, 5.41) is 5.50. The number of nitrogens with two attached hydrogens (primary N) is 1. The van der Waals surface area contributed by atoms with Gasteiger partial charge in [-0.05, 0) is 46.1 Å². The van der Waals surface area contributed by atoms with Crippen molar-refractivity contribution in [1.82, 2.24) is 15.2 Å². The molecule has 1 heterocycles. The summed E-state index contributed by atoms with van der Waals surface area (Å²) in [5.74, 6) is 5.73. The molecule has 2 aromatic rings. The van der Waals surface area contributed by atoms with Gasteiger partial charge in [0.2, 0.25) is 0 Å². The smallest absolute Gasteiger partial charge is 0.0890 e. The molecule has 2 rings (SSSR count). The molecule has 0 amide bonds. The molecule has 0 fully saturated rings. The number of hydrogen-bond donors (Lipinski definition) is 2. The zero-order valence-electron chi connectivity index (χ0n) is 10.9. The van der Waals surface area contributed by atoms with Crippen LogP contribution in [0.3, 0.4) is 0 Å². The molecule has 20 heavy (non-hydrogen) atoms. The van der Waals surface area contributed by atoms with Gasteiger partial charge in [0.15, 0.2) is 0 Å². The fourth-order valence-corrected chi connectivity index (χ4v) is 3.19. The molecule has 0 aliphatic heterocycles. The summed E-state index contributed by atoms with van der Waals surface area (Å²) < 4.78 is 2.81. The summed E-state index contributed by atoms with van der Waals surface area (Å²) in [6.07, 6.45) is 2.75. The molecule has 7 heteroatoms. The van der Waals surface area contributed by atoms with E-state index in [0.717, 1.165) is 28.7 Å². The summed E-state index contributed by atoms with van der Waals surface area (Å²) >= 11 is 15.7. The Kier molecular flexibility index (Phi) is 5.46. The highest BCUT2D eigenvalue weighted by molar-refractivity contribution is 9.10. The average molecular weight is 378 g/mol.